The lowest BCUT2D eigenvalue weighted by molar-refractivity contribution is 0.723. The van der Waals surface area contributed by atoms with Crippen LogP contribution >= 0.6 is 0 Å². The highest BCUT2D eigenvalue weighted by molar-refractivity contribution is 5.39. The molecule has 2 rings (SSSR count). The summed E-state index contributed by atoms with van der Waals surface area (Å²) < 4.78 is 1.53. The van der Waals surface area contributed by atoms with E-state index in [2.05, 4.69) is 6.07 Å². The van der Waals surface area contributed by atoms with Crippen molar-refractivity contribution in [3.8, 4) is 12.1 Å². The second kappa shape index (κ2) is 5.42. The summed E-state index contributed by atoms with van der Waals surface area (Å²) in [6.45, 7) is 3.87. The molecule has 0 saturated heterocycles. The van der Waals surface area contributed by atoms with Crippen LogP contribution in [-0.4, -0.2) is 4.57 Å². The fourth-order valence-electron chi connectivity index (χ4n) is 2.20. The number of aryl methyl sites for hydroxylation is 2. The van der Waals surface area contributed by atoms with Crippen LogP contribution in [0.1, 0.15) is 27.9 Å². The van der Waals surface area contributed by atoms with Crippen molar-refractivity contribution in [3.05, 3.63) is 68.6 Å². The van der Waals surface area contributed by atoms with E-state index in [0.29, 0.717) is 17.7 Å². The van der Waals surface area contributed by atoms with Gasteiger partial charge in [0.05, 0.1) is 18.2 Å². The average Bonchev–Trinajstić information content (AvgIpc) is 2.44. The number of aromatic nitrogens is 1. The summed E-state index contributed by atoms with van der Waals surface area (Å²) in [5, 5.41) is 18.2. The molecule has 98 valence electrons. The second-order valence-corrected chi connectivity index (χ2v) is 4.62. The fraction of sp³-hybridized carbons (Fsp3) is 0.188. The van der Waals surface area contributed by atoms with Gasteiger partial charge in [-0.1, -0.05) is 18.2 Å². The van der Waals surface area contributed by atoms with Crippen LogP contribution in [0.3, 0.4) is 0 Å². The molecule has 20 heavy (non-hydrogen) atoms. The van der Waals surface area contributed by atoms with E-state index in [9.17, 15) is 4.79 Å². The molecular weight excluding hydrogens is 250 g/mol. The molecular formula is C16H13N3O. The van der Waals surface area contributed by atoms with Crippen LogP contribution in [0.25, 0.3) is 0 Å². The predicted molar refractivity (Wildman–Crippen MR) is 75.2 cm³/mol. The van der Waals surface area contributed by atoms with E-state index < -0.39 is 0 Å². The monoisotopic (exact) mass is 263 g/mol. The van der Waals surface area contributed by atoms with Crippen LogP contribution in [0.2, 0.25) is 0 Å². The van der Waals surface area contributed by atoms with Gasteiger partial charge in [0.1, 0.15) is 11.6 Å². The number of pyridine rings is 1. The maximum Gasteiger partial charge on any atom is 0.269 e. The number of nitriles is 2. The minimum absolute atomic E-state index is 0.157. The van der Waals surface area contributed by atoms with Crippen LogP contribution in [0.15, 0.2) is 35.1 Å². The molecule has 0 saturated carbocycles. The van der Waals surface area contributed by atoms with E-state index in [1.807, 2.05) is 31.2 Å². The molecule has 0 radical (unpaired) electrons. The number of benzene rings is 1. The molecule has 0 amide bonds. The Kier molecular flexibility index (Phi) is 3.68. The van der Waals surface area contributed by atoms with Crippen LogP contribution in [0.4, 0.5) is 0 Å². The maximum atomic E-state index is 12.3. The van der Waals surface area contributed by atoms with E-state index in [0.717, 1.165) is 11.3 Å². The number of rotatable bonds is 2. The van der Waals surface area contributed by atoms with Crippen molar-refractivity contribution in [2.24, 2.45) is 0 Å². The lowest BCUT2D eigenvalue weighted by Crippen LogP contribution is -2.26. The van der Waals surface area contributed by atoms with Gasteiger partial charge in [0.25, 0.3) is 5.56 Å². The van der Waals surface area contributed by atoms with Gasteiger partial charge in [-0.3, -0.25) is 4.79 Å². The van der Waals surface area contributed by atoms with Crippen molar-refractivity contribution in [2.75, 3.05) is 0 Å². The third kappa shape index (κ3) is 2.32. The fourth-order valence-corrected chi connectivity index (χ4v) is 2.20. The highest BCUT2D eigenvalue weighted by Gasteiger charge is 2.11. The molecule has 0 aliphatic rings. The predicted octanol–water partition coefficient (Wildman–Crippen LogP) is 2.26. The first-order valence-electron chi connectivity index (χ1n) is 6.17. The van der Waals surface area contributed by atoms with Gasteiger partial charge in [-0.15, -0.1) is 0 Å². The van der Waals surface area contributed by atoms with E-state index in [4.69, 9.17) is 10.5 Å². The van der Waals surface area contributed by atoms with Crippen LogP contribution in [-0.2, 0) is 6.54 Å². The van der Waals surface area contributed by atoms with Crippen LogP contribution in [0.5, 0.6) is 0 Å². The van der Waals surface area contributed by atoms with Gasteiger partial charge >= 0.3 is 0 Å². The number of hydrogen-bond acceptors (Lipinski definition) is 3. The van der Waals surface area contributed by atoms with E-state index in [-0.39, 0.29) is 11.1 Å². The zero-order valence-corrected chi connectivity index (χ0v) is 11.3. The smallest absolute Gasteiger partial charge is 0.269 e. The Hall–Kier alpha value is -2.85. The highest BCUT2D eigenvalue weighted by atomic mass is 16.1. The molecule has 0 spiro atoms. The lowest BCUT2D eigenvalue weighted by Gasteiger charge is -2.12. The Morgan fingerprint density at radius 1 is 1.15 bits per heavy atom. The Morgan fingerprint density at radius 3 is 2.50 bits per heavy atom. The topological polar surface area (TPSA) is 69.6 Å². The van der Waals surface area contributed by atoms with Gasteiger partial charge in [0, 0.05) is 5.69 Å². The molecule has 0 aliphatic heterocycles. The standard InChI is InChI=1S/C16H13N3O/c1-11-7-12(2)19(16(20)15(11)9-18)10-14-6-4-3-5-13(14)8-17/h3-7H,10H2,1-2H3. The first-order chi connectivity index (χ1) is 9.58. The molecule has 4 nitrogen and oxygen atoms in total. The molecule has 1 aromatic heterocycles. The van der Waals surface area contributed by atoms with Gasteiger partial charge < -0.3 is 4.57 Å². The minimum atomic E-state index is -0.308. The van der Waals surface area contributed by atoms with Gasteiger partial charge in [-0.25, -0.2) is 0 Å². The first-order valence-corrected chi connectivity index (χ1v) is 6.17. The molecule has 0 atom stereocenters. The maximum absolute atomic E-state index is 12.3. The highest BCUT2D eigenvalue weighted by Crippen LogP contribution is 2.11. The van der Waals surface area contributed by atoms with E-state index >= 15 is 0 Å². The number of nitrogens with zero attached hydrogens (tertiary/aromatic N) is 3. The summed E-state index contributed by atoms with van der Waals surface area (Å²) in [7, 11) is 0. The second-order valence-electron chi connectivity index (χ2n) is 4.62. The average molecular weight is 263 g/mol. The van der Waals surface area contributed by atoms with Crippen molar-refractivity contribution in [1.82, 2.24) is 4.57 Å². The van der Waals surface area contributed by atoms with Crippen LogP contribution < -0.4 is 5.56 Å². The summed E-state index contributed by atoms with van der Waals surface area (Å²) in [6, 6.07) is 13.0. The largest absolute Gasteiger partial charge is 0.307 e. The SMILES string of the molecule is Cc1cc(C)n(Cc2ccccc2C#N)c(=O)c1C#N. The third-order valence-electron chi connectivity index (χ3n) is 3.28. The Morgan fingerprint density at radius 2 is 1.85 bits per heavy atom. The van der Waals surface area contributed by atoms with Gasteiger partial charge in [-0.05, 0) is 37.1 Å². The summed E-state index contributed by atoms with van der Waals surface area (Å²) in [5.41, 5.74) is 2.62. The molecule has 1 aromatic carbocycles. The molecule has 4 heteroatoms. The van der Waals surface area contributed by atoms with Gasteiger partial charge in [-0.2, -0.15) is 10.5 Å². The number of hydrogen-bond donors (Lipinski definition) is 0. The van der Waals surface area contributed by atoms with Gasteiger partial charge in [0.2, 0.25) is 0 Å². The summed E-state index contributed by atoms with van der Waals surface area (Å²) in [5.74, 6) is 0. The molecule has 0 bridgehead atoms. The molecule has 2 aromatic rings. The normalized spacial score (nSPS) is 9.80. The first kappa shape index (κ1) is 13.6. The van der Waals surface area contributed by atoms with E-state index in [1.54, 1.807) is 19.1 Å². The molecule has 0 unspecified atom stereocenters. The third-order valence-corrected chi connectivity index (χ3v) is 3.28. The van der Waals surface area contributed by atoms with Crippen molar-refractivity contribution < 1.29 is 0 Å². The van der Waals surface area contributed by atoms with Crippen molar-refractivity contribution in [2.45, 2.75) is 20.4 Å². The lowest BCUT2D eigenvalue weighted by atomic mass is 10.1. The minimum Gasteiger partial charge on any atom is -0.307 e. The Labute approximate surface area is 117 Å². The summed E-state index contributed by atoms with van der Waals surface area (Å²) in [6.07, 6.45) is 0. The Bertz CT molecular complexity index is 804. The van der Waals surface area contributed by atoms with Crippen molar-refractivity contribution in [1.29, 1.82) is 10.5 Å². The molecule has 0 fully saturated rings. The quantitative estimate of drug-likeness (QED) is 0.834. The zero-order chi connectivity index (χ0) is 14.7. The molecule has 0 aliphatic carbocycles. The zero-order valence-electron chi connectivity index (χ0n) is 11.3. The summed E-state index contributed by atoms with van der Waals surface area (Å²) in [4.78, 5) is 12.3. The van der Waals surface area contributed by atoms with Gasteiger partial charge in [0.15, 0.2) is 0 Å². The molecule has 1 heterocycles. The van der Waals surface area contributed by atoms with Crippen molar-refractivity contribution in [3.63, 3.8) is 0 Å². The van der Waals surface area contributed by atoms with Crippen LogP contribution in [0, 0.1) is 36.5 Å². The summed E-state index contributed by atoms with van der Waals surface area (Å²) >= 11 is 0. The Balaban J connectivity index is 2.59. The molecule has 0 N–H and O–H groups in total. The van der Waals surface area contributed by atoms with E-state index in [1.165, 1.54) is 4.57 Å². The van der Waals surface area contributed by atoms with Crippen molar-refractivity contribution >= 4 is 0 Å².